The second-order valence-electron chi connectivity index (χ2n) is 8.68. The molecule has 1 aromatic heterocycles. The molecule has 8 heteroatoms. The van der Waals surface area contributed by atoms with Crippen LogP contribution in [-0.2, 0) is 4.79 Å². The molecule has 30 heavy (non-hydrogen) atoms. The molecule has 1 saturated carbocycles. The summed E-state index contributed by atoms with van der Waals surface area (Å²) in [5.74, 6) is 0.459. The highest BCUT2D eigenvalue weighted by atomic mass is 32.2. The maximum absolute atomic E-state index is 12.3. The predicted molar refractivity (Wildman–Crippen MR) is 120 cm³/mol. The monoisotopic (exact) mass is 452 g/mol. The van der Waals surface area contributed by atoms with Gasteiger partial charge in [-0.1, -0.05) is 56.0 Å². The second-order valence-corrected chi connectivity index (χ2v) is 10.9. The Labute approximate surface area is 186 Å². The number of rotatable bonds is 10. The van der Waals surface area contributed by atoms with Crippen molar-refractivity contribution in [1.29, 1.82) is 0 Å². The average molecular weight is 453 g/mol. The van der Waals surface area contributed by atoms with Gasteiger partial charge in [-0.25, -0.2) is 9.78 Å². The quantitative estimate of drug-likeness (QED) is 0.398. The van der Waals surface area contributed by atoms with Crippen LogP contribution in [0.4, 0.5) is 0 Å². The number of carboxylic acid groups (broad SMARTS) is 1. The van der Waals surface area contributed by atoms with Crippen LogP contribution < -0.4 is 0 Å². The first-order chi connectivity index (χ1) is 14.3. The van der Waals surface area contributed by atoms with Gasteiger partial charge < -0.3 is 15.1 Å². The summed E-state index contributed by atoms with van der Waals surface area (Å²) in [6.45, 7) is 2.54. The minimum absolute atomic E-state index is 0.0702. The van der Waals surface area contributed by atoms with Gasteiger partial charge in [0.25, 0.3) is 0 Å². The van der Waals surface area contributed by atoms with E-state index in [0.717, 1.165) is 12.8 Å². The predicted octanol–water partition coefficient (Wildman–Crippen LogP) is 4.59. The smallest absolute Gasteiger partial charge is 0.355 e. The van der Waals surface area contributed by atoms with Gasteiger partial charge in [0.1, 0.15) is 0 Å². The highest BCUT2D eigenvalue weighted by Gasteiger charge is 2.29. The Balaban J connectivity index is 1.45. The van der Waals surface area contributed by atoms with E-state index in [4.69, 9.17) is 5.11 Å². The number of carboxylic acids is 1. The number of thiazole rings is 1. The van der Waals surface area contributed by atoms with Gasteiger partial charge in [-0.05, 0) is 32.1 Å². The fourth-order valence-electron chi connectivity index (χ4n) is 4.48. The molecular formula is C22H32N2O4S2. The summed E-state index contributed by atoms with van der Waals surface area (Å²) in [5.41, 5.74) is -0.616. The molecule has 0 spiro atoms. The van der Waals surface area contributed by atoms with E-state index in [0.29, 0.717) is 35.4 Å². The van der Waals surface area contributed by atoms with Gasteiger partial charge in [0.15, 0.2) is 10.0 Å². The number of amides is 1. The number of likely N-dealkylation sites (tertiary alicyclic amines) is 1. The van der Waals surface area contributed by atoms with Crippen LogP contribution >= 0.6 is 23.1 Å². The molecule has 1 aliphatic heterocycles. The molecule has 1 amide bonds. The third-order valence-corrected chi connectivity index (χ3v) is 8.00. The molecule has 0 bridgehead atoms. The molecule has 1 aromatic rings. The molecule has 0 aromatic carbocycles. The van der Waals surface area contributed by atoms with Crippen LogP contribution in [0.15, 0.2) is 21.9 Å². The lowest BCUT2D eigenvalue weighted by Gasteiger charge is -2.30. The Morgan fingerprint density at radius 2 is 2.13 bits per heavy atom. The summed E-state index contributed by atoms with van der Waals surface area (Å²) in [7, 11) is 0. The van der Waals surface area contributed by atoms with Crippen molar-refractivity contribution in [1.82, 2.24) is 9.88 Å². The van der Waals surface area contributed by atoms with E-state index in [-0.39, 0.29) is 17.6 Å². The van der Waals surface area contributed by atoms with Crippen molar-refractivity contribution >= 4 is 35.0 Å². The van der Waals surface area contributed by atoms with Crippen molar-refractivity contribution in [2.75, 3.05) is 12.3 Å². The highest BCUT2D eigenvalue weighted by molar-refractivity contribution is 8.01. The normalized spacial score (nSPS) is 22.7. The van der Waals surface area contributed by atoms with E-state index in [9.17, 15) is 14.7 Å². The molecule has 2 fully saturated rings. The fourth-order valence-corrected chi connectivity index (χ4v) is 6.28. The number of aromatic carboxylic acids is 1. The summed E-state index contributed by atoms with van der Waals surface area (Å²) in [4.78, 5) is 29.2. The van der Waals surface area contributed by atoms with Crippen LogP contribution in [0.5, 0.6) is 0 Å². The first kappa shape index (κ1) is 23.3. The molecule has 2 aliphatic rings. The second kappa shape index (κ2) is 10.8. The SMILES string of the molecule is CC(O)(C/C=C/[C@H]1CCC(=O)N1CCSc1nc(C(=O)O)cs1)CC1CCCCC1. The summed E-state index contributed by atoms with van der Waals surface area (Å²) < 4.78 is 0.713. The lowest BCUT2D eigenvalue weighted by Crippen LogP contribution is -2.34. The van der Waals surface area contributed by atoms with E-state index in [1.54, 1.807) is 0 Å². The largest absolute Gasteiger partial charge is 0.476 e. The van der Waals surface area contributed by atoms with Gasteiger partial charge in [-0.15, -0.1) is 11.3 Å². The van der Waals surface area contributed by atoms with Crippen molar-refractivity contribution in [3.05, 3.63) is 23.2 Å². The van der Waals surface area contributed by atoms with Gasteiger partial charge in [-0.2, -0.15) is 0 Å². The van der Waals surface area contributed by atoms with E-state index in [1.165, 1.54) is 60.6 Å². The van der Waals surface area contributed by atoms with Crippen LogP contribution in [0.3, 0.4) is 0 Å². The van der Waals surface area contributed by atoms with Crippen molar-refractivity contribution < 1.29 is 19.8 Å². The number of hydrogen-bond donors (Lipinski definition) is 2. The van der Waals surface area contributed by atoms with Crippen LogP contribution in [0.2, 0.25) is 0 Å². The number of carbonyl (C=O) groups excluding carboxylic acids is 1. The molecule has 1 unspecified atom stereocenters. The summed E-state index contributed by atoms with van der Waals surface area (Å²) in [6, 6.07) is 0.0782. The third kappa shape index (κ3) is 6.82. The Morgan fingerprint density at radius 3 is 2.83 bits per heavy atom. The maximum Gasteiger partial charge on any atom is 0.355 e. The van der Waals surface area contributed by atoms with E-state index in [1.807, 2.05) is 17.9 Å². The van der Waals surface area contributed by atoms with Crippen LogP contribution in [0, 0.1) is 5.92 Å². The zero-order valence-electron chi connectivity index (χ0n) is 17.6. The molecule has 3 rings (SSSR count). The van der Waals surface area contributed by atoms with Gasteiger partial charge in [0.2, 0.25) is 5.91 Å². The molecule has 2 heterocycles. The molecular weight excluding hydrogens is 420 g/mol. The third-order valence-electron chi connectivity index (χ3n) is 6.00. The number of aliphatic hydroxyl groups is 1. The van der Waals surface area contributed by atoms with Gasteiger partial charge in [-0.3, -0.25) is 4.79 Å². The molecule has 6 nitrogen and oxygen atoms in total. The summed E-state index contributed by atoms with van der Waals surface area (Å²) in [5, 5.41) is 21.3. The van der Waals surface area contributed by atoms with E-state index >= 15 is 0 Å². The average Bonchev–Trinajstić information content (AvgIpc) is 3.30. The van der Waals surface area contributed by atoms with Crippen LogP contribution in [0.25, 0.3) is 0 Å². The van der Waals surface area contributed by atoms with Gasteiger partial charge in [0, 0.05) is 24.1 Å². The fraction of sp³-hybridized carbons (Fsp3) is 0.682. The van der Waals surface area contributed by atoms with Crippen LogP contribution in [-0.4, -0.2) is 55.9 Å². The Morgan fingerprint density at radius 1 is 1.37 bits per heavy atom. The molecule has 2 atom stereocenters. The number of thioether (sulfide) groups is 1. The number of carbonyl (C=O) groups is 2. The maximum atomic E-state index is 12.3. The standard InChI is InChI=1S/C22H32N2O4S2/c1-22(28,14-16-6-3-2-4-7-16)11-5-8-17-9-10-19(25)24(17)12-13-29-21-23-18(15-30-21)20(26)27/h5,8,15-17,28H,2-4,6-7,9-14H2,1H3,(H,26,27)/b8-5+/t17-,22?/m0/s1. The molecule has 0 radical (unpaired) electrons. The van der Waals surface area contributed by atoms with Crippen molar-refractivity contribution in [3.63, 3.8) is 0 Å². The lowest BCUT2D eigenvalue weighted by molar-refractivity contribution is -0.128. The number of nitrogens with zero attached hydrogens (tertiary/aromatic N) is 2. The topological polar surface area (TPSA) is 90.7 Å². The van der Waals surface area contributed by atoms with Gasteiger partial charge in [0.05, 0.1) is 11.6 Å². The first-order valence-corrected chi connectivity index (χ1v) is 12.7. The Bertz CT molecular complexity index is 756. The Hall–Kier alpha value is -1.38. The molecule has 2 N–H and O–H groups in total. The summed E-state index contributed by atoms with van der Waals surface area (Å²) >= 11 is 2.80. The highest BCUT2D eigenvalue weighted by Crippen LogP contribution is 2.32. The van der Waals surface area contributed by atoms with Crippen molar-refractivity contribution in [2.24, 2.45) is 5.92 Å². The molecule has 166 valence electrons. The zero-order valence-corrected chi connectivity index (χ0v) is 19.2. The number of hydrogen-bond acceptors (Lipinski definition) is 6. The summed E-state index contributed by atoms with van der Waals surface area (Å²) in [6.07, 6.45) is 13.3. The molecule has 1 aliphatic carbocycles. The van der Waals surface area contributed by atoms with E-state index in [2.05, 4.69) is 11.1 Å². The van der Waals surface area contributed by atoms with Crippen LogP contribution in [0.1, 0.15) is 75.2 Å². The molecule has 1 saturated heterocycles. The first-order valence-electron chi connectivity index (χ1n) is 10.8. The zero-order chi connectivity index (χ0) is 21.6. The number of aromatic nitrogens is 1. The minimum atomic E-state index is -1.02. The van der Waals surface area contributed by atoms with Crippen molar-refractivity contribution in [2.45, 2.75) is 80.7 Å². The Kier molecular flexibility index (Phi) is 8.36. The minimum Gasteiger partial charge on any atom is -0.476 e. The van der Waals surface area contributed by atoms with Gasteiger partial charge >= 0.3 is 5.97 Å². The van der Waals surface area contributed by atoms with E-state index < -0.39 is 11.6 Å². The lowest BCUT2D eigenvalue weighted by atomic mass is 9.80. The van der Waals surface area contributed by atoms with Crippen molar-refractivity contribution in [3.8, 4) is 0 Å².